The van der Waals surface area contributed by atoms with E-state index in [-0.39, 0.29) is 5.95 Å². The molecule has 0 spiro atoms. The van der Waals surface area contributed by atoms with Crippen LogP contribution in [-0.2, 0) is 6.54 Å². The van der Waals surface area contributed by atoms with Gasteiger partial charge in [-0.25, -0.2) is 0 Å². The summed E-state index contributed by atoms with van der Waals surface area (Å²) in [5.74, 6) is 2.09. The third-order valence-corrected chi connectivity index (χ3v) is 5.67. The minimum Gasteiger partial charge on any atom is -0.495 e. The van der Waals surface area contributed by atoms with Crippen molar-refractivity contribution in [3.63, 3.8) is 0 Å². The summed E-state index contributed by atoms with van der Waals surface area (Å²) in [6.45, 7) is 5.01. The van der Waals surface area contributed by atoms with Crippen LogP contribution in [-0.4, -0.2) is 64.1 Å². The summed E-state index contributed by atoms with van der Waals surface area (Å²) in [5, 5.41) is 3.19. The average Bonchev–Trinajstić information content (AvgIpc) is 3.23. The van der Waals surface area contributed by atoms with E-state index in [0.29, 0.717) is 18.3 Å². The van der Waals surface area contributed by atoms with Gasteiger partial charge in [0.1, 0.15) is 11.6 Å². The van der Waals surface area contributed by atoms with Gasteiger partial charge in [0.25, 0.3) is 0 Å². The fourth-order valence-corrected chi connectivity index (χ4v) is 4.19. The molecule has 0 amide bonds. The maximum absolute atomic E-state index is 5.93. The standard InChI is InChI=1S/C20H29N7O/c1-28-17-9-5-4-8-16(17)22-20-24-18(23-19(21)25-20)14-26-10-12-27(13-11-26)15-6-2-3-7-15/h4-5,8-9,15H,2-3,6-7,10-14H2,1H3,(H3,21,22,23,24,25). The lowest BCUT2D eigenvalue weighted by Gasteiger charge is -2.37. The normalized spacial score (nSPS) is 19.0. The highest BCUT2D eigenvalue weighted by Gasteiger charge is 2.26. The van der Waals surface area contributed by atoms with E-state index in [2.05, 4.69) is 30.1 Å². The Morgan fingerprint density at radius 3 is 2.57 bits per heavy atom. The highest BCUT2D eigenvalue weighted by atomic mass is 16.5. The van der Waals surface area contributed by atoms with Crippen molar-refractivity contribution in [1.82, 2.24) is 24.8 Å². The van der Waals surface area contributed by atoms with Gasteiger partial charge in [0.15, 0.2) is 0 Å². The number of benzene rings is 1. The molecule has 28 heavy (non-hydrogen) atoms. The highest BCUT2D eigenvalue weighted by Crippen LogP contribution is 2.26. The number of piperazine rings is 1. The largest absolute Gasteiger partial charge is 0.495 e. The van der Waals surface area contributed by atoms with Gasteiger partial charge in [-0.1, -0.05) is 25.0 Å². The van der Waals surface area contributed by atoms with Crippen molar-refractivity contribution in [3.05, 3.63) is 30.1 Å². The Hall–Kier alpha value is -2.45. The van der Waals surface area contributed by atoms with E-state index in [0.717, 1.165) is 43.7 Å². The second kappa shape index (κ2) is 8.70. The van der Waals surface area contributed by atoms with Crippen molar-refractivity contribution in [1.29, 1.82) is 0 Å². The third kappa shape index (κ3) is 4.51. The SMILES string of the molecule is COc1ccccc1Nc1nc(N)nc(CN2CCN(C3CCCC3)CC2)n1. The predicted molar refractivity (Wildman–Crippen MR) is 110 cm³/mol. The fraction of sp³-hybridized carbons (Fsp3) is 0.550. The van der Waals surface area contributed by atoms with Crippen molar-refractivity contribution >= 4 is 17.6 Å². The number of rotatable bonds is 6. The Labute approximate surface area is 166 Å². The van der Waals surface area contributed by atoms with E-state index >= 15 is 0 Å². The number of para-hydroxylation sites is 2. The van der Waals surface area contributed by atoms with E-state index in [9.17, 15) is 0 Å². The van der Waals surface area contributed by atoms with Crippen LogP contribution in [0, 0.1) is 0 Å². The number of aromatic nitrogens is 3. The van der Waals surface area contributed by atoms with E-state index in [1.54, 1.807) is 7.11 Å². The molecule has 2 fully saturated rings. The van der Waals surface area contributed by atoms with Crippen LogP contribution in [0.3, 0.4) is 0 Å². The maximum Gasteiger partial charge on any atom is 0.232 e. The molecular formula is C20H29N7O. The van der Waals surface area contributed by atoms with Crippen molar-refractivity contribution in [3.8, 4) is 5.75 Å². The molecule has 1 aromatic carbocycles. The molecule has 2 aromatic rings. The molecule has 0 atom stereocenters. The second-order valence-corrected chi connectivity index (χ2v) is 7.51. The number of nitrogens with two attached hydrogens (primary N) is 1. The van der Waals surface area contributed by atoms with Crippen LogP contribution < -0.4 is 15.8 Å². The number of hydrogen-bond donors (Lipinski definition) is 2. The first-order valence-corrected chi connectivity index (χ1v) is 10.1. The van der Waals surface area contributed by atoms with Crippen LogP contribution in [0.2, 0.25) is 0 Å². The Bertz CT molecular complexity index is 786. The summed E-state index contributed by atoms with van der Waals surface area (Å²) in [5.41, 5.74) is 6.73. The van der Waals surface area contributed by atoms with Crippen molar-refractivity contribution in [2.24, 2.45) is 0 Å². The number of nitrogens with zero attached hydrogens (tertiary/aromatic N) is 5. The molecule has 0 radical (unpaired) electrons. The number of nitrogen functional groups attached to an aromatic ring is 1. The van der Waals surface area contributed by atoms with Crippen molar-refractivity contribution in [2.45, 2.75) is 38.3 Å². The number of nitrogens with one attached hydrogen (secondary N) is 1. The zero-order valence-corrected chi connectivity index (χ0v) is 16.5. The lowest BCUT2D eigenvalue weighted by Crippen LogP contribution is -2.49. The summed E-state index contributed by atoms with van der Waals surface area (Å²) in [4.78, 5) is 18.2. The van der Waals surface area contributed by atoms with Gasteiger partial charge in [-0.05, 0) is 25.0 Å². The van der Waals surface area contributed by atoms with Crippen LogP contribution in [0.1, 0.15) is 31.5 Å². The smallest absolute Gasteiger partial charge is 0.232 e. The number of methoxy groups -OCH3 is 1. The summed E-state index contributed by atoms with van der Waals surface area (Å²) in [7, 11) is 1.64. The summed E-state index contributed by atoms with van der Waals surface area (Å²) in [6.07, 6.45) is 5.50. The molecule has 8 nitrogen and oxygen atoms in total. The van der Waals surface area contributed by atoms with Crippen LogP contribution in [0.15, 0.2) is 24.3 Å². The molecule has 2 heterocycles. The molecule has 1 aromatic heterocycles. The molecule has 3 N–H and O–H groups in total. The number of anilines is 3. The monoisotopic (exact) mass is 383 g/mol. The van der Waals surface area contributed by atoms with Gasteiger partial charge in [0.05, 0.1) is 19.3 Å². The van der Waals surface area contributed by atoms with Crippen LogP contribution in [0.4, 0.5) is 17.6 Å². The third-order valence-electron chi connectivity index (χ3n) is 5.67. The Balaban J connectivity index is 1.39. The van der Waals surface area contributed by atoms with E-state index in [4.69, 9.17) is 10.5 Å². The maximum atomic E-state index is 5.93. The molecule has 150 valence electrons. The van der Waals surface area contributed by atoms with Crippen LogP contribution in [0.25, 0.3) is 0 Å². The van der Waals surface area contributed by atoms with E-state index < -0.39 is 0 Å². The minimum absolute atomic E-state index is 0.229. The number of hydrogen-bond acceptors (Lipinski definition) is 8. The molecule has 2 aliphatic rings. The molecule has 1 aliphatic carbocycles. The van der Waals surface area contributed by atoms with Gasteiger partial charge < -0.3 is 15.8 Å². The summed E-state index contributed by atoms with van der Waals surface area (Å²) in [6, 6.07) is 8.45. The van der Waals surface area contributed by atoms with Crippen LogP contribution in [0.5, 0.6) is 5.75 Å². The van der Waals surface area contributed by atoms with E-state index in [1.807, 2.05) is 24.3 Å². The van der Waals surface area contributed by atoms with E-state index in [1.165, 1.54) is 25.7 Å². The zero-order valence-electron chi connectivity index (χ0n) is 16.5. The lowest BCUT2D eigenvalue weighted by molar-refractivity contribution is 0.0921. The molecule has 4 rings (SSSR count). The molecule has 1 saturated heterocycles. The average molecular weight is 384 g/mol. The fourth-order valence-electron chi connectivity index (χ4n) is 4.19. The molecule has 1 aliphatic heterocycles. The zero-order chi connectivity index (χ0) is 19.3. The first kappa shape index (κ1) is 18.9. The summed E-state index contributed by atoms with van der Waals surface area (Å²) >= 11 is 0. The highest BCUT2D eigenvalue weighted by molar-refractivity contribution is 5.62. The van der Waals surface area contributed by atoms with Gasteiger partial charge in [0, 0.05) is 32.2 Å². The minimum atomic E-state index is 0.229. The van der Waals surface area contributed by atoms with Gasteiger partial charge >= 0.3 is 0 Å². The lowest BCUT2D eigenvalue weighted by atomic mass is 10.2. The van der Waals surface area contributed by atoms with Gasteiger partial charge in [-0.3, -0.25) is 9.80 Å². The topological polar surface area (TPSA) is 92.4 Å². The van der Waals surface area contributed by atoms with Gasteiger partial charge in [-0.15, -0.1) is 0 Å². The Kier molecular flexibility index (Phi) is 5.87. The summed E-state index contributed by atoms with van der Waals surface area (Å²) < 4.78 is 5.37. The Morgan fingerprint density at radius 2 is 1.82 bits per heavy atom. The molecule has 1 saturated carbocycles. The quantitative estimate of drug-likeness (QED) is 0.785. The van der Waals surface area contributed by atoms with Crippen molar-refractivity contribution < 1.29 is 4.74 Å². The number of ether oxygens (including phenoxy) is 1. The molecule has 0 unspecified atom stereocenters. The predicted octanol–water partition coefficient (Wildman–Crippen LogP) is 2.27. The van der Waals surface area contributed by atoms with Gasteiger partial charge in [-0.2, -0.15) is 15.0 Å². The molecule has 0 bridgehead atoms. The van der Waals surface area contributed by atoms with Crippen LogP contribution >= 0.6 is 0 Å². The molecule has 8 heteroatoms. The van der Waals surface area contributed by atoms with Gasteiger partial charge in [0.2, 0.25) is 11.9 Å². The molecular weight excluding hydrogens is 354 g/mol. The van der Waals surface area contributed by atoms with Crippen molar-refractivity contribution in [2.75, 3.05) is 44.3 Å². The second-order valence-electron chi connectivity index (χ2n) is 7.51. The Morgan fingerprint density at radius 1 is 1.07 bits per heavy atom. The first-order chi connectivity index (χ1) is 13.7. The first-order valence-electron chi connectivity index (χ1n) is 10.1.